The van der Waals surface area contributed by atoms with Crippen LogP contribution in [-0.4, -0.2) is 42.6 Å². The summed E-state index contributed by atoms with van der Waals surface area (Å²) in [5.41, 5.74) is 0.857. The first-order chi connectivity index (χ1) is 12.8. The van der Waals surface area contributed by atoms with E-state index in [2.05, 4.69) is 30.8 Å². The molecule has 10 heteroatoms. The van der Waals surface area contributed by atoms with Crippen molar-refractivity contribution in [3.05, 3.63) is 53.8 Å². The van der Waals surface area contributed by atoms with Crippen LogP contribution in [-0.2, 0) is 6.54 Å². The van der Waals surface area contributed by atoms with E-state index in [-0.39, 0.29) is 5.91 Å². The van der Waals surface area contributed by atoms with Crippen LogP contribution in [0.25, 0.3) is 22.3 Å². The highest BCUT2D eigenvalue weighted by Crippen LogP contribution is 2.24. The Morgan fingerprint density at radius 2 is 2.23 bits per heavy atom. The van der Waals surface area contributed by atoms with Gasteiger partial charge in [-0.3, -0.25) is 9.78 Å². The molecule has 0 aliphatic heterocycles. The van der Waals surface area contributed by atoms with Crippen molar-refractivity contribution in [2.75, 3.05) is 6.54 Å². The number of hydrogen-bond acceptors (Lipinski definition) is 8. The third-order valence-corrected chi connectivity index (χ3v) is 4.32. The molecule has 0 bridgehead atoms. The summed E-state index contributed by atoms with van der Waals surface area (Å²) in [6.07, 6.45) is 3.27. The summed E-state index contributed by atoms with van der Waals surface area (Å²) >= 11 is 1.53. The number of amides is 1. The van der Waals surface area contributed by atoms with Crippen molar-refractivity contribution in [2.45, 2.75) is 6.54 Å². The Kier molecular flexibility index (Phi) is 4.48. The molecule has 0 radical (unpaired) electrons. The molecule has 26 heavy (non-hydrogen) atoms. The van der Waals surface area contributed by atoms with Gasteiger partial charge in [-0.05, 0) is 23.6 Å². The lowest BCUT2D eigenvalue weighted by Crippen LogP contribution is -2.28. The quantitative estimate of drug-likeness (QED) is 0.554. The maximum atomic E-state index is 11.9. The monoisotopic (exact) mass is 367 g/mol. The first-order valence-electron chi connectivity index (χ1n) is 7.77. The molecular weight excluding hydrogens is 354 g/mol. The van der Waals surface area contributed by atoms with Crippen molar-refractivity contribution < 1.29 is 9.32 Å². The summed E-state index contributed by atoms with van der Waals surface area (Å²) < 4.78 is 6.84. The lowest BCUT2D eigenvalue weighted by molar-refractivity contribution is 0.0947. The van der Waals surface area contributed by atoms with Crippen LogP contribution in [0.4, 0.5) is 0 Å². The number of carbonyl (C=O) groups excluding carboxylic acids is 1. The predicted octanol–water partition coefficient (Wildman–Crippen LogP) is 1.88. The number of rotatable bonds is 6. The normalized spacial score (nSPS) is 10.8. The molecule has 4 rings (SSSR count). The molecule has 0 saturated heterocycles. The van der Waals surface area contributed by atoms with Gasteiger partial charge in [0.15, 0.2) is 5.69 Å². The maximum absolute atomic E-state index is 11.9. The van der Waals surface area contributed by atoms with Crippen LogP contribution in [0.2, 0.25) is 0 Å². The molecule has 1 N–H and O–H groups in total. The number of nitrogens with one attached hydrogen (secondary N) is 1. The van der Waals surface area contributed by atoms with Crippen LogP contribution in [0.15, 0.2) is 52.6 Å². The van der Waals surface area contributed by atoms with Gasteiger partial charge in [0.25, 0.3) is 11.8 Å². The van der Waals surface area contributed by atoms with Crippen LogP contribution in [0.5, 0.6) is 0 Å². The van der Waals surface area contributed by atoms with Crippen molar-refractivity contribution in [3.63, 3.8) is 0 Å². The second-order valence-corrected chi connectivity index (χ2v) is 6.19. The molecule has 1 amide bonds. The Hall–Kier alpha value is -3.40. The summed E-state index contributed by atoms with van der Waals surface area (Å²) in [5, 5.41) is 16.7. The Balaban J connectivity index is 1.36. The summed E-state index contributed by atoms with van der Waals surface area (Å²) in [7, 11) is 0. The number of carbonyl (C=O) groups is 1. The minimum atomic E-state index is -0.233. The molecule has 0 aliphatic carbocycles. The molecule has 0 unspecified atom stereocenters. The first kappa shape index (κ1) is 16.1. The van der Waals surface area contributed by atoms with E-state index in [0.717, 1.165) is 4.88 Å². The average Bonchev–Trinajstić information content (AvgIpc) is 3.42. The van der Waals surface area contributed by atoms with E-state index in [1.165, 1.54) is 11.3 Å². The fraction of sp³-hybridized carbons (Fsp3) is 0.125. The highest BCUT2D eigenvalue weighted by molar-refractivity contribution is 7.13. The SMILES string of the molecule is O=C(NCCn1cc(-c2nc(-c3cccs3)no2)nn1)c1ccccn1. The Morgan fingerprint density at radius 1 is 1.27 bits per heavy atom. The van der Waals surface area contributed by atoms with Gasteiger partial charge in [0.05, 0.1) is 17.6 Å². The van der Waals surface area contributed by atoms with E-state index in [9.17, 15) is 4.79 Å². The van der Waals surface area contributed by atoms with E-state index in [0.29, 0.717) is 36.2 Å². The molecule has 0 fully saturated rings. The van der Waals surface area contributed by atoms with Crippen molar-refractivity contribution in [2.24, 2.45) is 0 Å². The van der Waals surface area contributed by atoms with Gasteiger partial charge in [-0.1, -0.05) is 22.5 Å². The second kappa shape index (κ2) is 7.23. The van der Waals surface area contributed by atoms with Gasteiger partial charge in [-0.25, -0.2) is 4.68 Å². The van der Waals surface area contributed by atoms with Crippen molar-refractivity contribution in [1.82, 2.24) is 35.4 Å². The molecule has 0 saturated carbocycles. The molecule has 0 atom stereocenters. The molecule has 0 spiro atoms. The van der Waals surface area contributed by atoms with Crippen molar-refractivity contribution in [1.29, 1.82) is 0 Å². The van der Waals surface area contributed by atoms with Gasteiger partial charge < -0.3 is 9.84 Å². The number of hydrogen-bond donors (Lipinski definition) is 1. The molecule has 0 aliphatic rings. The highest BCUT2D eigenvalue weighted by Gasteiger charge is 2.14. The van der Waals surface area contributed by atoms with Gasteiger partial charge in [0.2, 0.25) is 5.82 Å². The van der Waals surface area contributed by atoms with Crippen LogP contribution < -0.4 is 5.32 Å². The zero-order chi connectivity index (χ0) is 17.8. The second-order valence-electron chi connectivity index (χ2n) is 5.24. The number of pyridine rings is 1. The molecule has 4 aromatic heterocycles. The number of thiophene rings is 1. The zero-order valence-electron chi connectivity index (χ0n) is 13.4. The maximum Gasteiger partial charge on any atom is 0.280 e. The van der Waals surface area contributed by atoms with Gasteiger partial charge in [-0.2, -0.15) is 4.98 Å². The standard InChI is InChI=1S/C16H13N7O2S/c24-15(11-4-1-2-6-17-11)18-7-8-23-10-12(20-22-23)16-19-14(21-25-16)13-5-3-9-26-13/h1-6,9-10H,7-8H2,(H,18,24). The summed E-state index contributed by atoms with van der Waals surface area (Å²) in [4.78, 5) is 21.2. The number of aromatic nitrogens is 6. The molecule has 9 nitrogen and oxygen atoms in total. The smallest absolute Gasteiger partial charge is 0.280 e. The van der Waals surface area contributed by atoms with Crippen molar-refractivity contribution in [3.8, 4) is 22.3 Å². The summed E-state index contributed by atoms with van der Waals surface area (Å²) in [5.74, 6) is 0.591. The lowest BCUT2D eigenvalue weighted by Gasteiger charge is -2.03. The van der Waals surface area contributed by atoms with Crippen LogP contribution in [0, 0.1) is 0 Å². The molecule has 130 valence electrons. The third-order valence-electron chi connectivity index (χ3n) is 3.45. The summed E-state index contributed by atoms with van der Waals surface area (Å²) in [6, 6.07) is 9.02. The summed E-state index contributed by atoms with van der Waals surface area (Å²) in [6.45, 7) is 0.847. The minimum Gasteiger partial charge on any atom is -0.349 e. The van der Waals surface area contributed by atoms with Gasteiger partial charge in [-0.15, -0.1) is 16.4 Å². The Bertz CT molecular complexity index is 995. The largest absolute Gasteiger partial charge is 0.349 e. The Morgan fingerprint density at radius 3 is 3.04 bits per heavy atom. The average molecular weight is 367 g/mol. The minimum absolute atomic E-state index is 0.233. The van der Waals surface area contributed by atoms with Gasteiger partial charge in [0, 0.05) is 12.7 Å². The third kappa shape index (κ3) is 3.49. The molecule has 4 heterocycles. The van der Waals surface area contributed by atoms with E-state index < -0.39 is 0 Å². The van der Waals surface area contributed by atoms with Crippen LogP contribution in [0.1, 0.15) is 10.5 Å². The van der Waals surface area contributed by atoms with Gasteiger partial charge >= 0.3 is 0 Å². The predicted molar refractivity (Wildman–Crippen MR) is 93.2 cm³/mol. The van der Waals surface area contributed by atoms with Crippen LogP contribution >= 0.6 is 11.3 Å². The Labute approximate surface area is 151 Å². The zero-order valence-corrected chi connectivity index (χ0v) is 14.3. The van der Waals surface area contributed by atoms with Gasteiger partial charge in [0.1, 0.15) is 5.69 Å². The van der Waals surface area contributed by atoms with E-state index >= 15 is 0 Å². The van der Waals surface area contributed by atoms with E-state index in [4.69, 9.17) is 4.52 Å². The topological polar surface area (TPSA) is 112 Å². The first-order valence-corrected chi connectivity index (χ1v) is 8.65. The molecule has 0 aromatic carbocycles. The number of nitrogens with zero attached hydrogens (tertiary/aromatic N) is 6. The van der Waals surface area contributed by atoms with E-state index in [1.54, 1.807) is 35.3 Å². The van der Waals surface area contributed by atoms with Crippen molar-refractivity contribution >= 4 is 17.2 Å². The highest BCUT2D eigenvalue weighted by atomic mass is 32.1. The fourth-order valence-corrected chi connectivity index (χ4v) is 2.86. The molecular formula is C16H13N7O2S. The van der Waals surface area contributed by atoms with E-state index in [1.807, 2.05) is 17.5 Å². The fourth-order valence-electron chi connectivity index (χ4n) is 2.21. The van der Waals surface area contributed by atoms with Crippen LogP contribution in [0.3, 0.4) is 0 Å². The molecule has 4 aromatic rings. The lowest BCUT2D eigenvalue weighted by atomic mass is 10.3.